The Kier molecular flexibility index (Phi) is 16.7. The molecule has 8 heteroatoms. The zero-order valence-corrected chi connectivity index (χ0v) is 19.5. The van der Waals surface area contributed by atoms with Crippen LogP contribution in [0.15, 0.2) is 12.4 Å². The summed E-state index contributed by atoms with van der Waals surface area (Å²) in [5.41, 5.74) is 5.48. The molecule has 0 bridgehead atoms. The van der Waals surface area contributed by atoms with Gasteiger partial charge in [-0.05, 0) is 51.7 Å². The minimum atomic E-state index is -0.557. The predicted molar refractivity (Wildman–Crippen MR) is 128 cm³/mol. The van der Waals surface area contributed by atoms with Crippen LogP contribution >= 0.6 is 0 Å². The molecule has 1 aromatic rings. The molecule has 0 fully saturated rings. The minimum Gasteiger partial charge on any atom is -0.370 e. The van der Waals surface area contributed by atoms with E-state index in [1.807, 2.05) is 0 Å². The van der Waals surface area contributed by atoms with Gasteiger partial charge in [-0.25, -0.2) is 9.97 Å². The van der Waals surface area contributed by atoms with Gasteiger partial charge in [-0.15, -0.1) is 0 Å². The van der Waals surface area contributed by atoms with Crippen molar-refractivity contribution in [2.75, 3.05) is 31.5 Å². The van der Waals surface area contributed by atoms with Crippen LogP contribution < -0.4 is 11.1 Å². The number of primary amides is 1. The van der Waals surface area contributed by atoms with E-state index in [4.69, 9.17) is 5.73 Å². The molecule has 32 heavy (non-hydrogen) atoms. The molecule has 1 rings (SSSR count). The Balaban J connectivity index is 2.30. The number of aromatic nitrogens is 2. The van der Waals surface area contributed by atoms with E-state index in [9.17, 15) is 14.4 Å². The van der Waals surface area contributed by atoms with E-state index in [0.29, 0.717) is 18.7 Å². The van der Waals surface area contributed by atoms with Crippen LogP contribution in [0.25, 0.3) is 0 Å². The number of aldehydes is 2. The summed E-state index contributed by atoms with van der Waals surface area (Å²) in [7, 11) is 0. The van der Waals surface area contributed by atoms with Gasteiger partial charge in [0, 0.05) is 25.5 Å². The maximum absolute atomic E-state index is 11.2. The highest BCUT2D eigenvalue weighted by atomic mass is 16.1. The van der Waals surface area contributed by atoms with E-state index < -0.39 is 5.91 Å². The van der Waals surface area contributed by atoms with Gasteiger partial charge < -0.3 is 25.5 Å². The zero-order chi connectivity index (χ0) is 23.3. The van der Waals surface area contributed by atoms with Crippen molar-refractivity contribution in [3.63, 3.8) is 0 Å². The molecule has 0 spiro atoms. The predicted octanol–water partition coefficient (Wildman–Crippen LogP) is 3.76. The number of hydrogen-bond acceptors (Lipinski definition) is 7. The van der Waals surface area contributed by atoms with Crippen molar-refractivity contribution < 1.29 is 14.4 Å². The topological polar surface area (TPSA) is 118 Å². The third-order valence-corrected chi connectivity index (χ3v) is 5.47. The summed E-state index contributed by atoms with van der Waals surface area (Å²) in [6, 6.07) is 1.58. The molecular weight excluding hydrogens is 406 g/mol. The second-order valence-corrected chi connectivity index (χ2v) is 8.22. The molecule has 1 heterocycles. The Bertz CT molecular complexity index is 620. The first-order valence-electron chi connectivity index (χ1n) is 12.1. The lowest BCUT2D eigenvalue weighted by Gasteiger charge is -2.22. The monoisotopic (exact) mass is 447 g/mol. The van der Waals surface area contributed by atoms with Crippen molar-refractivity contribution in [2.45, 2.75) is 83.5 Å². The van der Waals surface area contributed by atoms with Crippen LogP contribution in [0.5, 0.6) is 0 Å². The molecule has 3 N–H and O–H groups in total. The van der Waals surface area contributed by atoms with Gasteiger partial charge in [0.05, 0.1) is 0 Å². The highest BCUT2D eigenvalue weighted by Crippen LogP contribution is 2.10. The normalized spacial score (nSPS) is 10.9. The Labute approximate surface area is 192 Å². The molecule has 0 aliphatic rings. The Morgan fingerprint density at radius 1 is 0.812 bits per heavy atom. The third kappa shape index (κ3) is 14.6. The van der Waals surface area contributed by atoms with Crippen molar-refractivity contribution in [1.82, 2.24) is 14.9 Å². The Hall–Kier alpha value is -2.35. The number of hydrogen-bond donors (Lipinski definition) is 2. The van der Waals surface area contributed by atoms with Gasteiger partial charge in [-0.3, -0.25) is 4.79 Å². The number of carbonyl (C=O) groups is 3. The molecule has 0 saturated heterocycles. The molecule has 0 aliphatic heterocycles. The first kappa shape index (κ1) is 27.7. The fourth-order valence-corrected chi connectivity index (χ4v) is 3.63. The molecule has 0 radical (unpaired) electrons. The molecule has 0 saturated carbocycles. The molecule has 1 amide bonds. The molecule has 0 unspecified atom stereocenters. The standard InChI is InChI=1S/C24H41N5O3/c25-24(32)22-20-23(28-21-27-22)26-14-13-17-29(15-9-5-1-3-7-11-18-30)16-10-6-2-4-8-12-19-31/h18-21H,1-17H2,(H2,25,32)(H,26,27,28). The van der Waals surface area contributed by atoms with Crippen LogP contribution in [-0.4, -0.2) is 59.5 Å². The second kappa shape index (κ2) is 19.3. The van der Waals surface area contributed by atoms with Crippen LogP contribution in [-0.2, 0) is 9.59 Å². The van der Waals surface area contributed by atoms with Crippen molar-refractivity contribution in [3.8, 4) is 0 Å². The highest BCUT2D eigenvalue weighted by molar-refractivity contribution is 5.91. The average molecular weight is 448 g/mol. The second-order valence-electron chi connectivity index (χ2n) is 8.22. The van der Waals surface area contributed by atoms with E-state index in [1.54, 1.807) is 6.07 Å². The van der Waals surface area contributed by atoms with Gasteiger partial charge >= 0.3 is 0 Å². The van der Waals surface area contributed by atoms with E-state index in [-0.39, 0.29) is 5.69 Å². The van der Waals surface area contributed by atoms with Gasteiger partial charge in [0.15, 0.2) is 0 Å². The van der Waals surface area contributed by atoms with Crippen molar-refractivity contribution in [1.29, 1.82) is 0 Å². The van der Waals surface area contributed by atoms with E-state index >= 15 is 0 Å². The fourth-order valence-electron chi connectivity index (χ4n) is 3.63. The Morgan fingerprint density at radius 3 is 1.91 bits per heavy atom. The summed E-state index contributed by atoms with van der Waals surface area (Å²) in [4.78, 5) is 42.5. The first-order valence-corrected chi connectivity index (χ1v) is 12.1. The quantitative estimate of drug-likeness (QED) is 0.205. The largest absolute Gasteiger partial charge is 0.370 e. The van der Waals surface area contributed by atoms with E-state index in [0.717, 1.165) is 70.9 Å². The van der Waals surface area contributed by atoms with Crippen LogP contribution in [0.3, 0.4) is 0 Å². The summed E-state index contributed by atoms with van der Waals surface area (Å²) in [5, 5.41) is 3.24. The number of carbonyl (C=O) groups excluding carboxylic acids is 3. The average Bonchev–Trinajstić information content (AvgIpc) is 2.80. The zero-order valence-electron chi connectivity index (χ0n) is 19.5. The van der Waals surface area contributed by atoms with Crippen molar-refractivity contribution >= 4 is 24.3 Å². The SMILES string of the molecule is NC(=O)c1cc(NCCCN(CCCCCCCC=O)CCCCCCCC=O)ncn1. The van der Waals surface area contributed by atoms with Gasteiger partial charge in [0.25, 0.3) is 5.91 Å². The smallest absolute Gasteiger partial charge is 0.267 e. The molecule has 0 atom stereocenters. The maximum atomic E-state index is 11.2. The Morgan fingerprint density at radius 2 is 1.34 bits per heavy atom. The summed E-state index contributed by atoms with van der Waals surface area (Å²) in [6.07, 6.45) is 17.1. The molecule has 8 nitrogen and oxygen atoms in total. The lowest BCUT2D eigenvalue weighted by atomic mass is 10.1. The lowest BCUT2D eigenvalue weighted by molar-refractivity contribution is -0.108. The van der Waals surface area contributed by atoms with Gasteiger partial charge in [-0.1, -0.05) is 38.5 Å². The van der Waals surface area contributed by atoms with Crippen LogP contribution in [0.4, 0.5) is 5.82 Å². The summed E-state index contributed by atoms with van der Waals surface area (Å²) < 4.78 is 0. The summed E-state index contributed by atoms with van der Waals surface area (Å²) in [6.45, 7) is 3.97. The third-order valence-electron chi connectivity index (χ3n) is 5.47. The number of anilines is 1. The minimum absolute atomic E-state index is 0.213. The van der Waals surface area contributed by atoms with E-state index in [2.05, 4.69) is 20.2 Å². The number of rotatable bonds is 22. The molecule has 1 aromatic heterocycles. The molecule has 0 aromatic carbocycles. The maximum Gasteiger partial charge on any atom is 0.267 e. The number of amides is 1. The number of unbranched alkanes of at least 4 members (excludes halogenated alkanes) is 10. The molecule has 180 valence electrons. The summed E-state index contributed by atoms with van der Waals surface area (Å²) >= 11 is 0. The highest BCUT2D eigenvalue weighted by Gasteiger charge is 2.06. The van der Waals surface area contributed by atoms with Crippen LogP contribution in [0.1, 0.15) is 94.0 Å². The van der Waals surface area contributed by atoms with Gasteiger partial charge in [0.2, 0.25) is 0 Å². The summed E-state index contributed by atoms with van der Waals surface area (Å²) in [5.74, 6) is 0.0601. The fraction of sp³-hybridized carbons (Fsp3) is 0.708. The molecular formula is C24H41N5O3. The van der Waals surface area contributed by atoms with E-state index in [1.165, 1.54) is 44.9 Å². The van der Waals surface area contributed by atoms with Gasteiger partial charge in [0.1, 0.15) is 30.4 Å². The molecule has 0 aliphatic carbocycles. The van der Waals surface area contributed by atoms with Crippen molar-refractivity contribution in [3.05, 3.63) is 18.1 Å². The van der Waals surface area contributed by atoms with Crippen molar-refractivity contribution in [2.24, 2.45) is 5.73 Å². The number of nitrogens with zero attached hydrogens (tertiary/aromatic N) is 3. The number of nitrogens with two attached hydrogens (primary N) is 1. The first-order chi connectivity index (χ1) is 15.7. The lowest BCUT2D eigenvalue weighted by Crippen LogP contribution is -2.28. The van der Waals surface area contributed by atoms with Crippen LogP contribution in [0.2, 0.25) is 0 Å². The van der Waals surface area contributed by atoms with Crippen LogP contribution in [0, 0.1) is 0 Å². The number of nitrogens with one attached hydrogen (secondary N) is 1. The van der Waals surface area contributed by atoms with Gasteiger partial charge in [-0.2, -0.15) is 0 Å².